The Labute approximate surface area is 166 Å². The maximum absolute atomic E-state index is 3.42. The standard InChI is InChI=1S/C24H20N2Se/c1-3-7-19(8-4-1)25-21-11-15-23(16-12-21)27-24-17-13-22(14-18-24)26-20-9-5-2-6-10-20/h1-18,25-26H. The van der Waals surface area contributed by atoms with Crippen molar-refractivity contribution in [2.75, 3.05) is 10.6 Å². The van der Waals surface area contributed by atoms with E-state index in [9.17, 15) is 0 Å². The van der Waals surface area contributed by atoms with Crippen LogP contribution in [0.4, 0.5) is 22.7 Å². The maximum atomic E-state index is 3.42. The van der Waals surface area contributed by atoms with Gasteiger partial charge in [-0.2, -0.15) is 0 Å². The van der Waals surface area contributed by atoms with Gasteiger partial charge in [0.15, 0.2) is 0 Å². The molecule has 4 aromatic rings. The van der Waals surface area contributed by atoms with E-state index in [0.29, 0.717) is 15.0 Å². The van der Waals surface area contributed by atoms with Crippen molar-refractivity contribution in [1.29, 1.82) is 0 Å². The number of anilines is 4. The molecular formula is C24H20N2Se. The Morgan fingerprint density at radius 2 is 0.704 bits per heavy atom. The van der Waals surface area contributed by atoms with Gasteiger partial charge >= 0.3 is 166 Å². The zero-order valence-electron chi connectivity index (χ0n) is 14.8. The van der Waals surface area contributed by atoms with Crippen LogP contribution in [0, 0.1) is 0 Å². The van der Waals surface area contributed by atoms with Gasteiger partial charge in [-0.3, -0.25) is 0 Å². The monoisotopic (exact) mass is 416 g/mol. The van der Waals surface area contributed by atoms with Crippen molar-refractivity contribution in [3.8, 4) is 0 Å². The molecule has 0 bridgehead atoms. The van der Waals surface area contributed by atoms with Crippen molar-refractivity contribution >= 4 is 46.6 Å². The molecule has 0 heterocycles. The third kappa shape index (κ3) is 5.01. The first-order chi connectivity index (χ1) is 13.3. The van der Waals surface area contributed by atoms with Crippen molar-refractivity contribution in [3.05, 3.63) is 109 Å². The Bertz CT molecular complexity index is 883. The van der Waals surface area contributed by atoms with Crippen LogP contribution < -0.4 is 19.6 Å². The summed E-state index contributed by atoms with van der Waals surface area (Å²) in [6.45, 7) is 0. The molecule has 0 aliphatic rings. The van der Waals surface area contributed by atoms with Crippen LogP contribution in [0.1, 0.15) is 0 Å². The van der Waals surface area contributed by atoms with Crippen LogP contribution in [0.25, 0.3) is 0 Å². The van der Waals surface area contributed by atoms with Crippen molar-refractivity contribution < 1.29 is 0 Å². The summed E-state index contributed by atoms with van der Waals surface area (Å²) < 4.78 is 2.73. The second kappa shape index (κ2) is 8.59. The molecule has 132 valence electrons. The topological polar surface area (TPSA) is 24.1 Å². The Hall–Kier alpha value is -3.00. The molecule has 0 amide bonds. The third-order valence-corrected chi connectivity index (χ3v) is 6.20. The van der Waals surface area contributed by atoms with Gasteiger partial charge in [-0.15, -0.1) is 0 Å². The summed E-state index contributed by atoms with van der Waals surface area (Å²) in [7, 11) is 0. The SMILES string of the molecule is c1ccc(Nc2ccc([Se]c3ccc(Nc4ccccc4)cc3)cc2)cc1. The molecule has 27 heavy (non-hydrogen) atoms. The van der Waals surface area contributed by atoms with Gasteiger partial charge in [-0.25, -0.2) is 0 Å². The van der Waals surface area contributed by atoms with Crippen LogP contribution in [0.3, 0.4) is 0 Å². The van der Waals surface area contributed by atoms with E-state index in [2.05, 4.69) is 83.4 Å². The second-order valence-electron chi connectivity index (χ2n) is 6.13. The molecule has 0 saturated heterocycles. The fraction of sp³-hybridized carbons (Fsp3) is 0. The summed E-state index contributed by atoms with van der Waals surface area (Å²) in [6.07, 6.45) is 0. The molecule has 3 heteroatoms. The molecule has 2 nitrogen and oxygen atoms in total. The van der Waals surface area contributed by atoms with Gasteiger partial charge in [-0.05, 0) is 0 Å². The van der Waals surface area contributed by atoms with Crippen molar-refractivity contribution in [1.82, 2.24) is 0 Å². The summed E-state index contributed by atoms with van der Waals surface area (Å²) in [6, 6.07) is 37.9. The molecule has 0 atom stereocenters. The Kier molecular flexibility index (Phi) is 5.54. The predicted molar refractivity (Wildman–Crippen MR) is 117 cm³/mol. The minimum absolute atomic E-state index is 0.302. The second-order valence-corrected chi connectivity index (χ2v) is 8.54. The number of hydrogen-bond acceptors (Lipinski definition) is 2. The van der Waals surface area contributed by atoms with Gasteiger partial charge in [0.05, 0.1) is 0 Å². The van der Waals surface area contributed by atoms with Gasteiger partial charge in [0.2, 0.25) is 0 Å². The molecule has 4 rings (SSSR count). The summed E-state index contributed by atoms with van der Waals surface area (Å²) in [4.78, 5) is 0. The van der Waals surface area contributed by atoms with Crippen molar-refractivity contribution in [2.45, 2.75) is 0 Å². The summed E-state index contributed by atoms with van der Waals surface area (Å²) in [5, 5.41) is 6.85. The van der Waals surface area contributed by atoms with Gasteiger partial charge in [0.25, 0.3) is 0 Å². The van der Waals surface area contributed by atoms with Crippen LogP contribution >= 0.6 is 0 Å². The number of rotatable bonds is 6. The van der Waals surface area contributed by atoms with E-state index in [1.165, 1.54) is 8.92 Å². The molecule has 0 saturated carbocycles. The molecule has 0 aromatic heterocycles. The van der Waals surface area contributed by atoms with E-state index in [0.717, 1.165) is 22.7 Å². The summed E-state index contributed by atoms with van der Waals surface area (Å²) in [5.74, 6) is 0. The van der Waals surface area contributed by atoms with Gasteiger partial charge in [0.1, 0.15) is 0 Å². The molecule has 0 spiro atoms. The first-order valence-corrected chi connectivity index (χ1v) is 10.6. The number of hydrogen-bond donors (Lipinski definition) is 2. The van der Waals surface area contributed by atoms with E-state index in [-0.39, 0.29) is 0 Å². The Balaban J connectivity index is 1.37. The Morgan fingerprint density at radius 3 is 1.07 bits per heavy atom. The molecule has 0 fully saturated rings. The van der Waals surface area contributed by atoms with Crippen molar-refractivity contribution in [2.24, 2.45) is 0 Å². The first kappa shape index (κ1) is 17.4. The summed E-state index contributed by atoms with van der Waals surface area (Å²) in [5.41, 5.74) is 4.45. The van der Waals surface area contributed by atoms with Crippen LogP contribution in [0.5, 0.6) is 0 Å². The quantitative estimate of drug-likeness (QED) is 0.441. The van der Waals surface area contributed by atoms with E-state index < -0.39 is 0 Å². The fourth-order valence-electron chi connectivity index (χ4n) is 2.73. The first-order valence-electron chi connectivity index (χ1n) is 8.87. The fourth-order valence-corrected chi connectivity index (χ4v) is 4.44. The molecule has 0 aliphatic heterocycles. The zero-order chi connectivity index (χ0) is 18.3. The molecule has 4 aromatic carbocycles. The average molecular weight is 415 g/mol. The van der Waals surface area contributed by atoms with Crippen LogP contribution in [-0.4, -0.2) is 15.0 Å². The third-order valence-electron chi connectivity index (χ3n) is 4.07. The van der Waals surface area contributed by atoms with E-state index >= 15 is 0 Å². The number of para-hydroxylation sites is 2. The number of nitrogens with one attached hydrogen (secondary N) is 2. The van der Waals surface area contributed by atoms with Crippen molar-refractivity contribution in [3.63, 3.8) is 0 Å². The van der Waals surface area contributed by atoms with Gasteiger partial charge in [0, 0.05) is 0 Å². The molecule has 2 N–H and O–H groups in total. The van der Waals surface area contributed by atoms with Crippen LogP contribution in [0.2, 0.25) is 0 Å². The zero-order valence-corrected chi connectivity index (χ0v) is 16.5. The molecule has 0 aliphatic carbocycles. The van der Waals surface area contributed by atoms with Crippen LogP contribution in [0.15, 0.2) is 109 Å². The molecule has 0 radical (unpaired) electrons. The van der Waals surface area contributed by atoms with E-state index in [1.54, 1.807) is 0 Å². The Morgan fingerprint density at radius 1 is 0.370 bits per heavy atom. The average Bonchev–Trinajstić information content (AvgIpc) is 2.73. The number of benzene rings is 4. The molecule has 0 unspecified atom stereocenters. The normalized spacial score (nSPS) is 10.4. The van der Waals surface area contributed by atoms with Gasteiger partial charge < -0.3 is 0 Å². The van der Waals surface area contributed by atoms with E-state index in [4.69, 9.17) is 0 Å². The van der Waals surface area contributed by atoms with E-state index in [1.807, 2.05) is 36.4 Å². The summed E-state index contributed by atoms with van der Waals surface area (Å²) >= 11 is 0.302. The minimum atomic E-state index is 0.302. The van der Waals surface area contributed by atoms with Gasteiger partial charge in [-0.1, -0.05) is 0 Å². The molecular weight excluding hydrogens is 395 g/mol. The predicted octanol–water partition coefficient (Wildman–Crippen LogP) is 4.83. The van der Waals surface area contributed by atoms with Crippen LogP contribution in [-0.2, 0) is 0 Å².